The van der Waals surface area contributed by atoms with Crippen LogP contribution in [0.1, 0.15) is 213 Å². The van der Waals surface area contributed by atoms with Crippen LogP contribution in [-0.4, -0.2) is 82.3 Å². The number of nitrogens with zero attached hydrogens (tertiary/aromatic N) is 1. The molecule has 0 amide bonds. The topological polar surface area (TPSA) is 111 Å². The standard InChI is InChI=1S/C67H109NO8/c1-6-8-10-12-14-16-18-20-21-22-23-24-25-26-27-28-29-30-31-32-33-34-35-36-37-38-39-40-41-42-43-44-45-46-48-50-52-54-56-58-65(70)76-63(62-75-67(66(71)72)73-60-59-68(3,4)5)61-74-64(69)57-55-53-51-49-47-19-17-15-13-11-9-7-2/h8,10,14,16,20-21,23-24,26-27,29-30,32-33,35-36,38-39,41-42,44-45,63,67H,6-7,9,11-13,15,17-19,22,25,28,31,34,37,40,43,46-62H2,1-5H3/b10-8-,16-14-,21-20-,24-23-,27-26-,30-29-,33-32-,36-35-,39-38-,42-41-,45-44-. The van der Waals surface area contributed by atoms with Crippen molar-refractivity contribution in [1.82, 2.24) is 0 Å². The predicted octanol–water partition coefficient (Wildman–Crippen LogP) is 16.5. The van der Waals surface area contributed by atoms with Gasteiger partial charge in [-0.25, -0.2) is 0 Å². The van der Waals surface area contributed by atoms with Gasteiger partial charge >= 0.3 is 11.9 Å². The van der Waals surface area contributed by atoms with Gasteiger partial charge in [0, 0.05) is 12.8 Å². The Morgan fingerprint density at radius 1 is 0.408 bits per heavy atom. The van der Waals surface area contributed by atoms with E-state index in [4.69, 9.17) is 18.9 Å². The van der Waals surface area contributed by atoms with Gasteiger partial charge in [-0.3, -0.25) is 9.59 Å². The molecule has 0 aromatic carbocycles. The molecule has 0 N–H and O–H groups in total. The summed E-state index contributed by atoms with van der Waals surface area (Å²) in [5, 5.41) is 11.7. The van der Waals surface area contributed by atoms with Gasteiger partial charge in [0.05, 0.1) is 40.3 Å². The van der Waals surface area contributed by atoms with Crippen molar-refractivity contribution < 1.29 is 42.9 Å². The molecule has 0 heterocycles. The smallest absolute Gasteiger partial charge is 0.306 e. The van der Waals surface area contributed by atoms with Gasteiger partial charge < -0.3 is 33.3 Å². The highest BCUT2D eigenvalue weighted by Crippen LogP contribution is 2.14. The minimum Gasteiger partial charge on any atom is -0.545 e. The van der Waals surface area contributed by atoms with E-state index in [1.807, 2.05) is 21.1 Å². The summed E-state index contributed by atoms with van der Waals surface area (Å²) in [6.07, 6.45) is 78.0. The van der Waals surface area contributed by atoms with E-state index < -0.39 is 24.3 Å². The number of quaternary nitrogens is 1. The van der Waals surface area contributed by atoms with E-state index >= 15 is 0 Å². The lowest BCUT2D eigenvalue weighted by molar-refractivity contribution is -0.870. The van der Waals surface area contributed by atoms with Crippen molar-refractivity contribution in [2.45, 2.75) is 225 Å². The van der Waals surface area contributed by atoms with Gasteiger partial charge in [-0.15, -0.1) is 0 Å². The van der Waals surface area contributed by atoms with Crippen LogP contribution in [0.15, 0.2) is 134 Å². The Balaban J connectivity index is 4.22. The molecule has 2 unspecified atom stereocenters. The third kappa shape index (κ3) is 57.1. The Morgan fingerprint density at radius 2 is 0.750 bits per heavy atom. The maximum atomic E-state index is 12.8. The molecule has 0 aliphatic heterocycles. The number of hydrogen-bond donors (Lipinski definition) is 0. The van der Waals surface area contributed by atoms with Gasteiger partial charge in [-0.05, 0) is 96.3 Å². The maximum absolute atomic E-state index is 12.8. The average molecular weight is 1060 g/mol. The van der Waals surface area contributed by atoms with Crippen LogP contribution in [-0.2, 0) is 33.3 Å². The third-order valence-corrected chi connectivity index (χ3v) is 12.2. The van der Waals surface area contributed by atoms with Crippen LogP contribution in [0.2, 0.25) is 0 Å². The first kappa shape index (κ1) is 71.4. The van der Waals surface area contributed by atoms with Crippen LogP contribution >= 0.6 is 0 Å². The van der Waals surface area contributed by atoms with Crippen molar-refractivity contribution in [3.8, 4) is 0 Å². The number of ether oxygens (including phenoxy) is 4. The number of aliphatic carboxylic acids is 1. The Morgan fingerprint density at radius 3 is 1.12 bits per heavy atom. The third-order valence-electron chi connectivity index (χ3n) is 12.2. The molecule has 0 aliphatic carbocycles. The summed E-state index contributed by atoms with van der Waals surface area (Å²) in [5.41, 5.74) is 0. The minimum atomic E-state index is -1.63. The van der Waals surface area contributed by atoms with Crippen molar-refractivity contribution in [2.75, 3.05) is 47.5 Å². The molecule has 0 aliphatic rings. The van der Waals surface area contributed by atoms with E-state index in [-0.39, 0.29) is 38.6 Å². The van der Waals surface area contributed by atoms with Crippen LogP contribution in [0, 0.1) is 0 Å². The largest absolute Gasteiger partial charge is 0.545 e. The van der Waals surface area contributed by atoms with Crippen molar-refractivity contribution in [3.63, 3.8) is 0 Å². The summed E-state index contributed by atoms with van der Waals surface area (Å²) in [5.74, 6) is -2.32. The number of unbranched alkanes of at least 4 members (excludes halogenated alkanes) is 16. The highest BCUT2D eigenvalue weighted by Gasteiger charge is 2.22. The van der Waals surface area contributed by atoms with Gasteiger partial charge in [0.15, 0.2) is 12.4 Å². The molecular formula is C67H109NO8. The van der Waals surface area contributed by atoms with E-state index in [1.165, 1.54) is 57.8 Å². The van der Waals surface area contributed by atoms with Gasteiger partial charge in [0.2, 0.25) is 0 Å². The fourth-order valence-electron chi connectivity index (χ4n) is 7.60. The zero-order valence-corrected chi connectivity index (χ0v) is 48.8. The van der Waals surface area contributed by atoms with E-state index in [0.717, 1.165) is 122 Å². The number of likely N-dealkylation sites (N-methyl/N-ethyl adjacent to an activating group) is 1. The Bertz CT molecular complexity index is 1700. The van der Waals surface area contributed by atoms with Gasteiger partial charge in [0.1, 0.15) is 13.2 Å². The molecule has 0 aromatic heterocycles. The van der Waals surface area contributed by atoms with Gasteiger partial charge in [-0.1, -0.05) is 237 Å². The quantitative estimate of drug-likeness (QED) is 0.0195. The molecule has 76 heavy (non-hydrogen) atoms. The minimum absolute atomic E-state index is 0.138. The van der Waals surface area contributed by atoms with Crippen LogP contribution < -0.4 is 5.11 Å². The number of carboxylic acid groups (broad SMARTS) is 1. The number of hydrogen-bond acceptors (Lipinski definition) is 8. The van der Waals surface area contributed by atoms with Gasteiger partial charge in [-0.2, -0.15) is 0 Å². The molecule has 0 fully saturated rings. The van der Waals surface area contributed by atoms with Crippen molar-refractivity contribution in [3.05, 3.63) is 134 Å². The first-order chi connectivity index (χ1) is 37.1. The van der Waals surface area contributed by atoms with Crippen molar-refractivity contribution in [2.24, 2.45) is 0 Å². The number of esters is 2. The zero-order valence-electron chi connectivity index (χ0n) is 48.8. The molecule has 9 nitrogen and oxygen atoms in total. The highest BCUT2D eigenvalue weighted by molar-refractivity contribution is 5.70. The summed E-state index contributed by atoms with van der Waals surface area (Å²) < 4.78 is 22.6. The Labute approximate surface area is 465 Å². The fourth-order valence-corrected chi connectivity index (χ4v) is 7.60. The molecule has 0 bridgehead atoms. The van der Waals surface area contributed by atoms with Crippen molar-refractivity contribution >= 4 is 17.9 Å². The number of carbonyl (C=O) groups excluding carboxylic acids is 3. The summed E-state index contributed by atoms with van der Waals surface area (Å²) in [6, 6.07) is 0. The second kappa shape index (κ2) is 56.6. The van der Waals surface area contributed by atoms with Gasteiger partial charge in [0.25, 0.3) is 0 Å². The lowest BCUT2D eigenvalue weighted by Gasteiger charge is -2.26. The molecule has 9 heteroatoms. The van der Waals surface area contributed by atoms with Crippen molar-refractivity contribution in [1.29, 1.82) is 0 Å². The number of rotatable bonds is 53. The molecule has 0 saturated heterocycles. The van der Waals surface area contributed by atoms with Crippen LogP contribution in [0.3, 0.4) is 0 Å². The van der Waals surface area contributed by atoms with E-state index in [1.54, 1.807) is 0 Å². The first-order valence-corrected chi connectivity index (χ1v) is 29.8. The maximum Gasteiger partial charge on any atom is 0.306 e. The molecule has 2 atom stereocenters. The van der Waals surface area contributed by atoms with E-state index in [0.29, 0.717) is 17.4 Å². The fraction of sp³-hybridized carbons (Fsp3) is 0.627. The molecular weight excluding hydrogens is 947 g/mol. The summed E-state index contributed by atoms with van der Waals surface area (Å²) >= 11 is 0. The Hall–Kier alpha value is -4.57. The second-order valence-electron chi connectivity index (χ2n) is 20.6. The summed E-state index contributed by atoms with van der Waals surface area (Å²) in [7, 11) is 5.90. The first-order valence-electron chi connectivity index (χ1n) is 29.8. The lowest BCUT2D eigenvalue weighted by atomic mass is 10.0. The van der Waals surface area contributed by atoms with Crippen LogP contribution in [0.4, 0.5) is 0 Å². The summed E-state index contributed by atoms with van der Waals surface area (Å²) in [6.45, 7) is 4.58. The monoisotopic (exact) mass is 1060 g/mol. The number of allylic oxidation sites excluding steroid dienone is 22. The number of carboxylic acids is 1. The zero-order chi connectivity index (χ0) is 55.5. The second-order valence-corrected chi connectivity index (χ2v) is 20.6. The molecule has 0 aromatic rings. The highest BCUT2D eigenvalue weighted by atomic mass is 16.7. The Kier molecular flexibility index (Phi) is 53.2. The SMILES string of the molecule is CC/C=C\C/C=C\C/C=C\C/C=C\C/C=C\C/C=C\C/C=C\C/C=C\C/C=C\C/C=C\C/C=C\CCCCCCCC(=O)OC(COC(=O)CCCCCCCCCCCCCC)COC(OCC[N+](C)(C)C)C(=O)[O-]. The van der Waals surface area contributed by atoms with E-state index in [2.05, 4.69) is 148 Å². The van der Waals surface area contributed by atoms with Crippen LogP contribution in [0.25, 0.3) is 0 Å². The van der Waals surface area contributed by atoms with E-state index in [9.17, 15) is 19.5 Å². The lowest BCUT2D eigenvalue weighted by Crippen LogP contribution is -2.44. The molecule has 0 saturated carbocycles. The predicted molar refractivity (Wildman–Crippen MR) is 319 cm³/mol. The summed E-state index contributed by atoms with van der Waals surface area (Å²) in [4.78, 5) is 37.2. The molecule has 0 rings (SSSR count). The molecule has 0 spiro atoms. The van der Waals surface area contributed by atoms with Crippen LogP contribution in [0.5, 0.6) is 0 Å². The normalized spacial score (nSPS) is 13.8. The molecule has 0 radical (unpaired) electrons. The average Bonchev–Trinajstić information content (AvgIpc) is 3.39. The molecule has 430 valence electrons. The number of carbonyl (C=O) groups is 3.